The molecule has 3 rings (SSSR count). The molecule has 2 amide bonds. The third kappa shape index (κ3) is 9.85. The Morgan fingerprint density at radius 1 is 0.977 bits per heavy atom. The van der Waals surface area contributed by atoms with Gasteiger partial charge in [-0.05, 0) is 73.4 Å². The van der Waals surface area contributed by atoms with Crippen molar-refractivity contribution in [2.75, 3.05) is 34.4 Å². The number of nitrogens with one attached hydrogen (secondary N) is 2. The molecule has 44 heavy (non-hydrogen) atoms. The van der Waals surface area contributed by atoms with Crippen molar-refractivity contribution in [3.8, 4) is 5.75 Å². The fourth-order valence-corrected chi connectivity index (χ4v) is 4.74. The second-order valence-corrected chi connectivity index (χ2v) is 10.5. The molecule has 11 heteroatoms. The van der Waals surface area contributed by atoms with Gasteiger partial charge < -0.3 is 30.2 Å². The van der Waals surface area contributed by atoms with E-state index in [4.69, 9.17) is 9.57 Å². The molecular formula is C33H40F2N4O5. The maximum Gasteiger partial charge on any atom is 0.253 e. The number of hydrogen-bond acceptors (Lipinski definition) is 7. The van der Waals surface area contributed by atoms with Crippen molar-refractivity contribution in [1.29, 1.82) is 0 Å². The van der Waals surface area contributed by atoms with Crippen LogP contribution in [-0.2, 0) is 17.8 Å². The number of hydrogen-bond donors (Lipinski definition) is 3. The fourth-order valence-electron chi connectivity index (χ4n) is 4.74. The molecule has 9 nitrogen and oxygen atoms in total. The topological polar surface area (TPSA) is 112 Å². The molecule has 0 aromatic heterocycles. The zero-order chi connectivity index (χ0) is 32.2. The number of aliphatic hydroxyl groups is 1. The largest absolute Gasteiger partial charge is 0.497 e. The first-order valence-corrected chi connectivity index (χ1v) is 14.3. The maximum absolute atomic E-state index is 14.0. The van der Waals surface area contributed by atoms with Crippen LogP contribution in [0.15, 0.2) is 65.8 Å². The van der Waals surface area contributed by atoms with Gasteiger partial charge in [-0.3, -0.25) is 9.59 Å². The lowest BCUT2D eigenvalue weighted by Gasteiger charge is -2.25. The predicted octanol–water partition coefficient (Wildman–Crippen LogP) is 4.32. The number of amides is 2. The Bertz CT molecular complexity index is 1450. The summed E-state index contributed by atoms with van der Waals surface area (Å²) in [6, 6.07) is 14.2. The predicted molar refractivity (Wildman–Crippen MR) is 165 cm³/mol. The molecule has 0 spiro atoms. The molecule has 3 aromatic carbocycles. The van der Waals surface area contributed by atoms with E-state index < -0.39 is 29.7 Å². The molecule has 0 bridgehead atoms. The summed E-state index contributed by atoms with van der Waals surface area (Å²) in [5.74, 6) is -1.71. The summed E-state index contributed by atoms with van der Waals surface area (Å²) in [5.41, 5.74) is 2.54. The van der Waals surface area contributed by atoms with E-state index in [1.807, 2.05) is 31.2 Å². The summed E-state index contributed by atoms with van der Waals surface area (Å²) >= 11 is 0. The standard InChI is InChI=1S/C33H40F2N4O5/c1-6-10-39(3)33(42)26-16-24(21(2)38-44-5)15-25(17-26)32(41)37-30(14-23-11-27(34)18-28(35)12-23)31(40)20-36-19-22-8-7-9-29(13-22)43-4/h7-9,11-13,15-18,30-31,36,40H,6,10,14,19-20H2,1-5H3,(H,37,41)/b38-21+/t30-,31+/m0/s1. The van der Waals surface area contributed by atoms with E-state index in [2.05, 4.69) is 15.8 Å². The summed E-state index contributed by atoms with van der Waals surface area (Å²) < 4.78 is 33.3. The Balaban J connectivity index is 1.89. The van der Waals surface area contributed by atoms with Gasteiger partial charge in [0.05, 0.1) is 25.0 Å². The number of methoxy groups -OCH3 is 1. The van der Waals surface area contributed by atoms with Gasteiger partial charge in [0.15, 0.2) is 0 Å². The molecule has 0 saturated heterocycles. The Kier molecular flexibility index (Phi) is 12.8. The molecule has 0 aliphatic rings. The molecule has 2 atom stereocenters. The Labute approximate surface area is 256 Å². The van der Waals surface area contributed by atoms with Gasteiger partial charge in [0.1, 0.15) is 24.5 Å². The van der Waals surface area contributed by atoms with Crippen molar-refractivity contribution in [1.82, 2.24) is 15.5 Å². The highest BCUT2D eigenvalue weighted by atomic mass is 19.1. The van der Waals surface area contributed by atoms with Crippen LogP contribution in [0.4, 0.5) is 8.78 Å². The van der Waals surface area contributed by atoms with E-state index in [-0.39, 0.29) is 35.6 Å². The molecule has 0 fully saturated rings. The highest BCUT2D eigenvalue weighted by Gasteiger charge is 2.24. The minimum Gasteiger partial charge on any atom is -0.497 e. The van der Waals surface area contributed by atoms with E-state index in [0.29, 0.717) is 30.1 Å². The number of halogens is 2. The van der Waals surface area contributed by atoms with Crippen molar-refractivity contribution in [3.05, 3.63) is 100 Å². The molecule has 0 aliphatic carbocycles. The van der Waals surface area contributed by atoms with Gasteiger partial charge in [-0.1, -0.05) is 24.2 Å². The lowest BCUT2D eigenvalue weighted by molar-refractivity contribution is 0.0795. The summed E-state index contributed by atoms with van der Waals surface area (Å²) in [4.78, 5) is 33.3. The second-order valence-electron chi connectivity index (χ2n) is 10.5. The normalized spacial score (nSPS) is 12.8. The van der Waals surface area contributed by atoms with Gasteiger partial charge >= 0.3 is 0 Å². The summed E-state index contributed by atoms with van der Waals surface area (Å²) in [6.45, 7) is 4.63. The van der Waals surface area contributed by atoms with Crippen LogP contribution in [0.2, 0.25) is 0 Å². The number of oxime groups is 1. The number of carbonyl (C=O) groups excluding carboxylic acids is 2. The third-order valence-corrected chi connectivity index (χ3v) is 6.97. The van der Waals surface area contributed by atoms with Crippen LogP contribution in [0.5, 0.6) is 5.75 Å². The number of rotatable bonds is 15. The lowest BCUT2D eigenvalue weighted by Crippen LogP contribution is -2.48. The molecule has 0 aliphatic heterocycles. The maximum atomic E-state index is 14.0. The molecule has 236 valence electrons. The van der Waals surface area contributed by atoms with E-state index >= 15 is 0 Å². The number of nitrogens with zero attached hydrogens (tertiary/aromatic N) is 2. The van der Waals surface area contributed by atoms with Crippen molar-refractivity contribution in [2.45, 2.75) is 45.4 Å². The van der Waals surface area contributed by atoms with Crippen molar-refractivity contribution in [2.24, 2.45) is 5.16 Å². The molecule has 3 N–H and O–H groups in total. The molecule has 0 saturated carbocycles. The van der Waals surface area contributed by atoms with Crippen LogP contribution in [0.25, 0.3) is 0 Å². The van der Waals surface area contributed by atoms with Gasteiger partial charge in [-0.15, -0.1) is 0 Å². The monoisotopic (exact) mass is 610 g/mol. The van der Waals surface area contributed by atoms with Crippen molar-refractivity contribution < 1.29 is 33.1 Å². The Morgan fingerprint density at radius 2 is 1.66 bits per heavy atom. The highest BCUT2D eigenvalue weighted by Crippen LogP contribution is 2.17. The minimum absolute atomic E-state index is 0.0582. The first-order chi connectivity index (χ1) is 21.0. The smallest absolute Gasteiger partial charge is 0.253 e. The minimum atomic E-state index is -1.15. The average Bonchev–Trinajstić information content (AvgIpc) is 2.99. The third-order valence-electron chi connectivity index (χ3n) is 6.97. The zero-order valence-electron chi connectivity index (χ0n) is 25.7. The van der Waals surface area contributed by atoms with Gasteiger partial charge in [-0.2, -0.15) is 0 Å². The van der Waals surface area contributed by atoms with Crippen LogP contribution in [0.1, 0.15) is 57.7 Å². The van der Waals surface area contributed by atoms with Crippen LogP contribution in [0, 0.1) is 11.6 Å². The second kappa shape index (κ2) is 16.5. The summed E-state index contributed by atoms with van der Waals surface area (Å²) in [7, 11) is 4.64. The average molecular weight is 611 g/mol. The van der Waals surface area contributed by atoms with E-state index in [1.165, 1.54) is 13.2 Å². The number of aliphatic hydroxyl groups excluding tert-OH is 1. The van der Waals surface area contributed by atoms with Gasteiger partial charge in [0, 0.05) is 49.4 Å². The van der Waals surface area contributed by atoms with Crippen LogP contribution >= 0.6 is 0 Å². The van der Waals surface area contributed by atoms with Crippen LogP contribution in [-0.4, -0.2) is 74.0 Å². The number of benzene rings is 3. The molecule has 0 unspecified atom stereocenters. The van der Waals surface area contributed by atoms with E-state index in [0.717, 1.165) is 30.2 Å². The van der Waals surface area contributed by atoms with Gasteiger partial charge in [0.2, 0.25) is 0 Å². The summed E-state index contributed by atoms with van der Waals surface area (Å²) in [6.07, 6.45) is -0.448. The van der Waals surface area contributed by atoms with Gasteiger partial charge in [0.25, 0.3) is 11.8 Å². The molecular weight excluding hydrogens is 570 g/mol. The quantitative estimate of drug-likeness (QED) is 0.175. The van der Waals surface area contributed by atoms with E-state index in [1.54, 1.807) is 38.1 Å². The zero-order valence-corrected chi connectivity index (χ0v) is 25.7. The van der Waals surface area contributed by atoms with E-state index in [9.17, 15) is 23.5 Å². The van der Waals surface area contributed by atoms with Gasteiger partial charge in [-0.25, -0.2) is 8.78 Å². The molecule has 0 radical (unpaired) electrons. The van der Waals surface area contributed by atoms with Crippen molar-refractivity contribution >= 4 is 17.5 Å². The van der Waals surface area contributed by atoms with Crippen LogP contribution < -0.4 is 15.4 Å². The highest BCUT2D eigenvalue weighted by molar-refractivity contribution is 6.06. The fraction of sp³-hybridized carbons (Fsp3) is 0.364. The number of ether oxygens (including phenoxy) is 1. The van der Waals surface area contributed by atoms with Crippen LogP contribution in [0.3, 0.4) is 0 Å². The van der Waals surface area contributed by atoms with Crippen molar-refractivity contribution in [3.63, 3.8) is 0 Å². The molecule has 3 aromatic rings. The Morgan fingerprint density at radius 3 is 2.32 bits per heavy atom. The SMILES string of the molecule is CCCN(C)C(=O)c1cc(C(=O)N[C@@H](Cc2cc(F)cc(F)c2)[C@H](O)CNCc2cccc(OC)c2)cc(/C(C)=N/OC)c1. The number of carbonyl (C=O) groups is 2. The summed E-state index contributed by atoms with van der Waals surface area (Å²) in [5, 5.41) is 21.1. The Hall–Kier alpha value is -4.35. The first-order valence-electron chi connectivity index (χ1n) is 14.3. The molecule has 0 heterocycles. The first kappa shape index (κ1) is 34.1. The lowest BCUT2D eigenvalue weighted by atomic mass is 9.98.